The van der Waals surface area contributed by atoms with Gasteiger partial charge in [0.05, 0.1) is 0 Å². The van der Waals surface area contributed by atoms with Crippen LogP contribution in [0.15, 0.2) is 65.1 Å². The van der Waals surface area contributed by atoms with Crippen molar-refractivity contribution in [1.29, 1.82) is 0 Å². The predicted molar refractivity (Wildman–Crippen MR) is 78.7 cm³/mol. The molecule has 0 radical (unpaired) electrons. The van der Waals surface area contributed by atoms with E-state index in [1.54, 1.807) is 6.07 Å². The van der Waals surface area contributed by atoms with Crippen LogP contribution in [0.3, 0.4) is 0 Å². The lowest BCUT2D eigenvalue weighted by Crippen LogP contribution is -1.82. The molecule has 3 aromatic rings. The van der Waals surface area contributed by atoms with Crippen molar-refractivity contribution in [2.24, 2.45) is 0 Å². The third-order valence-corrected chi connectivity index (χ3v) is 3.53. The lowest BCUT2D eigenvalue weighted by Gasteiger charge is -2.09. The number of aromatic hydroxyl groups is 1. The highest BCUT2D eigenvalue weighted by atomic mass is 79.9. The van der Waals surface area contributed by atoms with Gasteiger partial charge in [-0.15, -0.1) is 0 Å². The average Bonchev–Trinajstić information content (AvgIpc) is 2.41. The highest BCUT2D eigenvalue weighted by Crippen LogP contribution is 2.35. The minimum Gasteiger partial charge on any atom is -0.507 e. The van der Waals surface area contributed by atoms with E-state index in [1.807, 2.05) is 36.4 Å². The summed E-state index contributed by atoms with van der Waals surface area (Å²) in [7, 11) is 0. The van der Waals surface area contributed by atoms with Gasteiger partial charge in [-0.1, -0.05) is 58.4 Å². The average molecular weight is 299 g/mol. The maximum absolute atomic E-state index is 10.0. The maximum atomic E-state index is 10.0. The molecule has 0 spiro atoms. The topological polar surface area (TPSA) is 20.2 Å². The Bertz CT molecular complexity index is 714. The van der Waals surface area contributed by atoms with Gasteiger partial charge >= 0.3 is 0 Å². The van der Waals surface area contributed by atoms with Crippen molar-refractivity contribution in [2.45, 2.75) is 0 Å². The molecule has 3 rings (SSSR count). The normalized spacial score (nSPS) is 10.7. The monoisotopic (exact) mass is 298 g/mol. The Hall–Kier alpha value is -1.80. The predicted octanol–water partition coefficient (Wildman–Crippen LogP) is 4.97. The Morgan fingerprint density at radius 3 is 2.44 bits per heavy atom. The first-order valence-electron chi connectivity index (χ1n) is 5.72. The van der Waals surface area contributed by atoms with Crippen LogP contribution in [0, 0.1) is 0 Å². The van der Waals surface area contributed by atoms with Gasteiger partial charge in [0.15, 0.2) is 0 Å². The van der Waals surface area contributed by atoms with Crippen LogP contribution >= 0.6 is 15.9 Å². The largest absolute Gasteiger partial charge is 0.507 e. The van der Waals surface area contributed by atoms with Gasteiger partial charge in [-0.25, -0.2) is 0 Å². The molecule has 0 amide bonds. The van der Waals surface area contributed by atoms with Crippen molar-refractivity contribution in [3.8, 4) is 16.9 Å². The zero-order valence-electron chi connectivity index (χ0n) is 9.60. The first-order valence-corrected chi connectivity index (χ1v) is 6.51. The second-order valence-corrected chi connectivity index (χ2v) is 5.10. The fraction of sp³-hybridized carbons (Fsp3) is 0. The minimum absolute atomic E-state index is 0.301. The Labute approximate surface area is 114 Å². The Balaban J connectivity index is 2.35. The molecule has 88 valence electrons. The third kappa shape index (κ3) is 1.89. The first-order chi connectivity index (χ1) is 8.75. The lowest BCUT2D eigenvalue weighted by molar-refractivity contribution is 0.477. The van der Waals surface area contributed by atoms with Gasteiger partial charge < -0.3 is 5.11 Å². The van der Waals surface area contributed by atoms with Crippen molar-refractivity contribution < 1.29 is 5.11 Å². The van der Waals surface area contributed by atoms with Crippen molar-refractivity contribution in [3.63, 3.8) is 0 Å². The molecular formula is C16H11BrO. The fourth-order valence-electron chi connectivity index (χ4n) is 2.18. The molecule has 0 heterocycles. The summed E-state index contributed by atoms with van der Waals surface area (Å²) in [4.78, 5) is 0. The molecule has 0 aliphatic carbocycles. The summed E-state index contributed by atoms with van der Waals surface area (Å²) in [6.07, 6.45) is 0. The molecule has 0 saturated carbocycles. The quantitative estimate of drug-likeness (QED) is 0.672. The molecule has 1 N–H and O–H groups in total. The molecule has 18 heavy (non-hydrogen) atoms. The molecule has 0 saturated heterocycles. The molecular weight excluding hydrogens is 288 g/mol. The van der Waals surface area contributed by atoms with E-state index in [1.165, 1.54) is 5.39 Å². The Kier molecular flexibility index (Phi) is 2.80. The Morgan fingerprint density at radius 2 is 1.56 bits per heavy atom. The molecule has 0 aliphatic heterocycles. The van der Waals surface area contributed by atoms with Crippen LogP contribution < -0.4 is 0 Å². The molecule has 0 unspecified atom stereocenters. The summed E-state index contributed by atoms with van der Waals surface area (Å²) in [5.41, 5.74) is 1.90. The summed E-state index contributed by atoms with van der Waals surface area (Å²) in [6, 6.07) is 19.8. The molecule has 0 fully saturated rings. The standard InChI is InChI=1S/C16H11BrO/c17-12-8-9-16(18)15(10-12)14-7-3-5-11-4-1-2-6-13(11)14/h1-10,18H. The number of phenolic OH excluding ortho intramolecular Hbond substituents is 1. The van der Waals surface area contributed by atoms with Crippen LogP contribution in [-0.2, 0) is 0 Å². The van der Waals surface area contributed by atoms with E-state index in [2.05, 4.69) is 34.1 Å². The second-order valence-electron chi connectivity index (χ2n) is 4.19. The summed E-state index contributed by atoms with van der Waals surface area (Å²) in [5, 5.41) is 12.3. The fourth-order valence-corrected chi connectivity index (χ4v) is 2.55. The summed E-state index contributed by atoms with van der Waals surface area (Å²) in [6.45, 7) is 0. The Morgan fingerprint density at radius 1 is 0.778 bits per heavy atom. The number of hydrogen-bond acceptors (Lipinski definition) is 1. The van der Waals surface area contributed by atoms with Crippen LogP contribution in [0.5, 0.6) is 5.75 Å². The van der Waals surface area contributed by atoms with E-state index < -0.39 is 0 Å². The van der Waals surface area contributed by atoms with Crippen molar-refractivity contribution in [2.75, 3.05) is 0 Å². The van der Waals surface area contributed by atoms with Crippen molar-refractivity contribution in [1.82, 2.24) is 0 Å². The van der Waals surface area contributed by atoms with Crippen LogP contribution in [-0.4, -0.2) is 5.11 Å². The molecule has 1 nitrogen and oxygen atoms in total. The number of rotatable bonds is 1. The highest BCUT2D eigenvalue weighted by molar-refractivity contribution is 9.10. The number of hydrogen-bond donors (Lipinski definition) is 1. The molecule has 2 heteroatoms. The number of halogens is 1. The molecule has 0 aromatic heterocycles. The second kappa shape index (κ2) is 4.46. The van der Waals surface area contributed by atoms with Gasteiger partial charge in [-0.3, -0.25) is 0 Å². The van der Waals surface area contributed by atoms with Crippen LogP contribution in [0.25, 0.3) is 21.9 Å². The lowest BCUT2D eigenvalue weighted by atomic mass is 9.98. The summed E-state index contributed by atoms with van der Waals surface area (Å²) in [5.74, 6) is 0.301. The van der Waals surface area contributed by atoms with Gasteiger partial charge in [0.25, 0.3) is 0 Å². The van der Waals surface area contributed by atoms with E-state index in [-0.39, 0.29) is 0 Å². The van der Waals surface area contributed by atoms with Gasteiger partial charge in [0, 0.05) is 10.0 Å². The number of phenols is 1. The third-order valence-electron chi connectivity index (χ3n) is 3.04. The first kappa shape index (κ1) is 11.3. The van der Waals surface area contributed by atoms with Gasteiger partial charge in [0.1, 0.15) is 5.75 Å². The summed E-state index contributed by atoms with van der Waals surface area (Å²) >= 11 is 3.45. The highest BCUT2D eigenvalue weighted by Gasteiger charge is 2.08. The van der Waals surface area contributed by atoms with Crippen LogP contribution in [0.4, 0.5) is 0 Å². The zero-order chi connectivity index (χ0) is 12.5. The zero-order valence-corrected chi connectivity index (χ0v) is 11.2. The molecule has 0 aliphatic rings. The molecule has 0 atom stereocenters. The van der Waals surface area contributed by atoms with Crippen molar-refractivity contribution in [3.05, 3.63) is 65.1 Å². The SMILES string of the molecule is Oc1ccc(Br)cc1-c1cccc2ccccc12. The van der Waals surface area contributed by atoms with E-state index in [0.717, 1.165) is 21.0 Å². The van der Waals surface area contributed by atoms with E-state index >= 15 is 0 Å². The van der Waals surface area contributed by atoms with Crippen molar-refractivity contribution >= 4 is 26.7 Å². The van der Waals surface area contributed by atoms with Gasteiger partial charge in [-0.05, 0) is 34.5 Å². The molecule has 0 bridgehead atoms. The number of benzene rings is 3. The van der Waals surface area contributed by atoms with Crippen LogP contribution in [0.2, 0.25) is 0 Å². The van der Waals surface area contributed by atoms with Crippen LogP contribution in [0.1, 0.15) is 0 Å². The summed E-state index contributed by atoms with van der Waals surface area (Å²) < 4.78 is 0.961. The van der Waals surface area contributed by atoms with Gasteiger partial charge in [-0.2, -0.15) is 0 Å². The maximum Gasteiger partial charge on any atom is 0.123 e. The molecule has 3 aromatic carbocycles. The van der Waals surface area contributed by atoms with Gasteiger partial charge in [0.2, 0.25) is 0 Å². The van der Waals surface area contributed by atoms with E-state index in [0.29, 0.717) is 5.75 Å². The number of fused-ring (bicyclic) bond motifs is 1. The minimum atomic E-state index is 0.301. The van der Waals surface area contributed by atoms with E-state index in [9.17, 15) is 5.11 Å². The van der Waals surface area contributed by atoms with E-state index in [4.69, 9.17) is 0 Å². The smallest absolute Gasteiger partial charge is 0.123 e.